The van der Waals surface area contributed by atoms with Gasteiger partial charge in [-0.25, -0.2) is 0 Å². The number of likely N-dealkylation sites (N-methyl/N-ethyl adjacent to an activating group) is 1. The van der Waals surface area contributed by atoms with E-state index in [2.05, 4.69) is 36.0 Å². The topological polar surface area (TPSA) is 61.6 Å². The molecule has 5 nitrogen and oxygen atoms in total. The van der Waals surface area contributed by atoms with Crippen LogP contribution in [0.5, 0.6) is 0 Å². The lowest BCUT2D eigenvalue weighted by Gasteiger charge is -2.43. The van der Waals surface area contributed by atoms with Crippen LogP contribution in [0.3, 0.4) is 0 Å². The Morgan fingerprint density at radius 3 is 2.30 bits per heavy atom. The first-order valence-corrected chi connectivity index (χ1v) is 7.68. The van der Waals surface area contributed by atoms with E-state index in [1.807, 2.05) is 13.8 Å². The molecule has 1 aliphatic heterocycles. The van der Waals surface area contributed by atoms with Crippen LogP contribution >= 0.6 is 0 Å². The molecule has 0 radical (unpaired) electrons. The summed E-state index contributed by atoms with van der Waals surface area (Å²) < 4.78 is 0. The molecular weight excluding hydrogens is 252 g/mol. The molecule has 5 heteroatoms. The Morgan fingerprint density at radius 1 is 1.25 bits per heavy atom. The van der Waals surface area contributed by atoms with E-state index < -0.39 is 0 Å². The van der Waals surface area contributed by atoms with E-state index in [0.717, 1.165) is 26.2 Å². The molecule has 0 saturated carbocycles. The average molecular weight is 284 g/mol. The molecule has 0 aliphatic carbocycles. The molecule has 0 aromatic carbocycles. The number of hydrogen-bond donors (Lipinski definition) is 2. The number of hydrogen-bond acceptors (Lipinski definition) is 4. The summed E-state index contributed by atoms with van der Waals surface area (Å²) in [5.41, 5.74) is 5.94. The fourth-order valence-corrected chi connectivity index (χ4v) is 2.36. The Kier molecular flexibility index (Phi) is 6.43. The Labute approximate surface area is 123 Å². The maximum absolute atomic E-state index is 11.9. The van der Waals surface area contributed by atoms with Gasteiger partial charge in [0, 0.05) is 50.7 Å². The lowest BCUT2D eigenvalue weighted by molar-refractivity contribution is -0.122. The molecule has 3 N–H and O–H groups in total. The van der Waals surface area contributed by atoms with Gasteiger partial charge in [0.25, 0.3) is 0 Å². The van der Waals surface area contributed by atoms with Gasteiger partial charge in [0.2, 0.25) is 5.91 Å². The Bertz CT molecular complexity index is 309. The van der Waals surface area contributed by atoms with Gasteiger partial charge in [0.05, 0.1) is 0 Å². The van der Waals surface area contributed by atoms with Crippen molar-refractivity contribution in [2.24, 2.45) is 11.7 Å². The van der Waals surface area contributed by atoms with Crippen molar-refractivity contribution in [1.29, 1.82) is 0 Å². The summed E-state index contributed by atoms with van der Waals surface area (Å²) in [6.45, 7) is 13.5. The van der Waals surface area contributed by atoms with Crippen molar-refractivity contribution in [1.82, 2.24) is 15.1 Å². The van der Waals surface area contributed by atoms with Crippen molar-refractivity contribution in [2.45, 2.75) is 45.7 Å². The van der Waals surface area contributed by atoms with Crippen LogP contribution in [-0.4, -0.2) is 67.1 Å². The van der Waals surface area contributed by atoms with Gasteiger partial charge in [-0.1, -0.05) is 13.8 Å². The normalized spacial score (nSPS) is 20.1. The first kappa shape index (κ1) is 17.4. The van der Waals surface area contributed by atoms with Gasteiger partial charge in [-0.2, -0.15) is 0 Å². The smallest absolute Gasteiger partial charge is 0.221 e. The third kappa shape index (κ3) is 5.38. The molecule has 1 amide bonds. The number of carbonyl (C=O) groups is 1. The summed E-state index contributed by atoms with van der Waals surface area (Å²) in [5.74, 6) is 0.403. The molecule has 20 heavy (non-hydrogen) atoms. The summed E-state index contributed by atoms with van der Waals surface area (Å²) in [6.07, 6.45) is 0.413. The van der Waals surface area contributed by atoms with Gasteiger partial charge < -0.3 is 16.0 Å². The minimum absolute atomic E-state index is 0.00114. The second kappa shape index (κ2) is 7.38. The second-order valence-electron chi connectivity index (χ2n) is 6.99. The first-order chi connectivity index (χ1) is 9.22. The number of nitrogens with one attached hydrogen (secondary N) is 1. The maximum atomic E-state index is 11.9. The summed E-state index contributed by atoms with van der Waals surface area (Å²) >= 11 is 0. The minimum Gasteiger partial charge on any atom is -0.354 e. The number of nitrogens with zero attached hydrogens (tertiary/aromatic N) is 2. The average Bonchev–Trinajstić information content (AvgIpc) is 2.37. The minimum atomic E-state index is -0.0539. The van der Waals surface area contributed by atoms with Gasteiger partial charge >= 0.3 is 0 Å². The number of amides is 1. The van der Waals surface area contributed by atoms with E-state index in [-0.39, 0.29) is 17.5 Å². The molecule has 1 saturated heterocycles. The van der Waals surface area contributed by atoms with Crippen LogP contribution in [0.15, 0.2) is 0 Å². The summed E-state index contributed by atoms with van der Waals surface area (Å²) in [4.78, 5) is 16.7. The van der Waals surface area contributed by atoms with Crippen molar-refractivity contribution in [3.8, 4) is 0 Å². The molecule has 1 aliphatic rings. The van der Waals surface area contributed by atoms with E-state index >= 15 is 0 Å². The Morgan fingerprint density at radius 2 is 1.80 bits per heavy atom. The zero-order chi connectivity index (χ0) is 15.3. The van der Waals surface area contributed by atoms with Crippen LogP contribution in [0.25, 0.3) is 0 Å². The van der Waals surface area contributed by atoms with Crippen molar-refractivity contribution in [3.05, 3.63) is 0 Å². The maximum Gasteiger partial charge on any atom is 0.221 e. The van der Waals surface area contributed by atoms with E-state index in [0.29, 0.717) is 18.9 Å². The molecule has 1 unspecified atom stereocenters. The van der Waals surface area contributed by atoms with Crippen LogP contribution in [0.2, 0.25) is 0 Å². The fourth-order valence-electron chi connectivity index (χ4n) is 2.36. The number of nitrogens with two attached hydrogens (primary N) is 1. The van der Waals surface area contributed by atoms with Crippen molar-refractivity contribution in [2.75, 3.05) is 39.8 Å². The largest absolute Gasteiger partial charge is 0.354 e. The lowest BCUT2D eigenvalue weighted by Crippen LogP contribution is -2.58. The van der Waals surface area contributed by atoms with Crippen molar-refractivity contribution < 1.29 is 4.79 Å². The van der Waals surface area contributed by atoms with E-state index in [4.69, 9.17) is 5.73 Å². The predicted molar refractivity (Wildman–Crippen MR) is 83.6 cm³/mol. The molecule has 1 rings (SSSR count). The molecule has 0 aromatic heterocycles. The lowest BCUT2D eigenvalue weighted by atomic mass is 10.00. The summed E-state index contributed by atoms with van der Waals surface area (Å²) in [7, 11) is 2.15. The first-order valence-electron chi connectivity index (χ1n) is 7.68. The van der Waals surface area contributed by atoms with Gasteiger partial charge in [-0.15, -0.1) is 0 Å². The molecule has 0 aromatic rings. The zero-order valence-electron chi connectivity index (χ0n) is 13.8. The standard InChI is InChI=1S/C15H32N4O/c1-12(2)13(16)10-14(20)17-11-15(3,4)19-8-6-18(5)7-9-19/h12-13H,6-11,16H2,1-5H3,(H,17,20). The van der Waals surface area contributed by atoms with Crippen LogP contribution in [0.1, 0.15) is 34.1 Å². The van der Waals surface area contributed by atoms with Crippen molar-refractivity contribution in [3.63, 3.8) is 0 Å². The predicted octanol–water partition coefficient (Wildman–Crippen LogP) is 0.502. The summed E-state index contributed by atoms with van der Waals surface area (Å²) in [6, 6.07) is -0.0539. The Hall–Kier alpha value is -0.650. The van der Waals surface area contributed by atoms with E-state index in [1.54, 1.807) is 0 Å². The highest BCUT2D eigenvalue weighted by atomic mass is 16.1. The molecule has 118 valence electrons. The highest BCUT2D eigenvalue weighted by Gasteiger charge is 2.29. The zero-order valence-corrected chi connectivity index (χ0v) is 13.8. The summed E-state index contributed by atoms with van der Waals surface area (Å²) in [5, 5.41) is 3.04. The van der Waals surface area contributed by atoms with Gasteiger partial charge in [0.1, 0.15) is 0 Å². The SMILES string of the molecule is CC(C)C(N)CC(=O)NCC(C)(C)N1CCN(C)CC1. The second-order valence-corrected chi connectivity index (χ2v) is 6.99. The number of carbonyl (C=O) groups excluding carboxylic acids is 1. The highest BCUT2D eigenvalue weighted by molar-refractivity contribution is 5.76. The van der Waals surface area contributed by atoms with Crippen molar-refractivity contribution >= 4 is 5.91 Å². The molecule has 0 bridgehead atoms. The Balaban J connectivity index is 2.37. The number of rotatable bonds is 6. The van der Waals surface area contributed by atoms with Gasteiger partial charge in [-0.05, 0) is 26.8 Å². The molecule has 1 atom stereocenters. The van der Waals surface area contributed by atoms with E-state index in [1.165, 1.54) is 0 Å². The van der Waals surface area contributed by atoms with Gasteiger partial charge in [0.15, 0.2) is 0 Å². The molecule has 0 spiro atoms. The van der Waals surface area contributed by atoms with Crippen LogP contribution < -0.4 is 11.1 Å². The third-order valence-electron chi connectivity index (χ3n) is 4.35. The third-order valence-corrected chi connectivity index (χ3v) is 4.35. The highest BCUT2D eigenvalue weighted by Crippen LogP contribution is 2.15. The quantitative estimate of drug-likeness (QED) is 0.746. The number of piperazine rings is 1. The molecule has 1 fully saturated rings. The fraction of sp³-hybridized carbons (Fsp3) is 0.933. The monoisotopic (exact) mass is 284 g/mol. The van der Waals surface area contributed by atoms with E-state index in [9.17, 15) is 4.79 Å². The van der Waals surface area contributed by atoms with Crippen LogP contribution in [0, 0.1) is 5.92 Å². The molecular formula is C15H32N4O. The van der Waals surface area contributed by atoms with Gasteiger partial charge in [-0.3, -0.25) is 9.69 Å². The molecule has 1 heterocycles. The van der Waals surface area contributed by atoms with Crippen LogP contribution in [-0.2, 0) is 4.79 Å². The van der Waals surface area contributed by atoms with Crippen LogP contribution in [0.4, 0.5) is 0 Å².